The smallest absolute Gasteiger partial charge is 0.196 e. The molecule has 0 unspecified atom stereocenters. The van der Waals surface area contributed by atoms with E-state index < -0.39 is 6.04 Å². The first-order valence-corrected chi connectivity index (χ1v) is 4.95. The summed E-state index contributed by atoms with van der Waals surface area (Å²) >= 11 is 0. The molecule has 0 fully saturated rings. The van der Waals surface area contributed by atoms with Crippen molar-refractivity contribution in [2.24, 2.45) is 0 Å². The Morgan fingerprint density at radius 1 is 1.00 bits per heavy atom. The highest BCUT2D eigenvalue weighted by atomic mass is 16.2. The zero-order valence-electron chi connectivity index (χ0n) is 8.33. The minimum atomic E-state index is -0.813. The maximum atomic E-state index is 12.0. The van der Waals surface area contributed by atoms with E-state index in [-0.39, 0.29) is 11.6 Å². The second kappa shape index (κ2) is 3.13. The van der Waals surface area contributed by atoms with Gasteiger partial charge in [0.1, 0.15) is 0 Å². The van der Waals surface area contributed by atoms with Gasteiger partial charge in [-0.05, 0) is 6.07 Å². The molecule has 0 radical (unpaired) electrons. The molecule has 0 aliphatic heterocycles. The lowest BCUT2D eigenvalue weighted by Gasteiger charge is -2.06. The molecule has 0 atom stereocenters. The van der Waals surface area contributed by atoms with E-state index in [9.17, 15) is 9.59 Å². The van der Waals surface area contributed by atoms with Gasteiger partial charge in [-0.15, -0.1) is 0 Å². The fourth-order valence-electron chi connectivity index (χ4n) is 2.00. The molecule has 0 saturated heterocycles. The number of aromatic nitrogens is 2. The van der Waals surface area contributed by atoms with Gasteiger partial charge in [0, 0.05) is 23.5 Å². The van der Waals surface area contributed by atoms with Crippen LogP contribution in [0.5, 0.6) is 0 Å². The number of carbonyl (C=O) groups excluding carboxylic acids is 2. The van der Waals surface area contributed by atoms with Crippen molar-refractivity contribution in [2.75, 3.05) is 0 Å². The van der Waals surface area contributed by atoms with E-state index >= 15 is 0 Å². The number of benzene rings is 1. The Balaban J connectivity index is 2.15. The van der Waals surface area contributed by atoms with Crippen molar-refractivity contribution < 1.29 is 9.59 Å². The van der Waals surface area contributed by atoms with Crippen LogP contribution in [0.2, 0.25) is 0 Å². The van der Waals surface area contributed by atoms with Gasteiger partial charge >= 0.3 is 0 Å². The molecule has 0 N–H and O–H groups in total. The highest BCUT2D eigenvalue weighted by Gasteiger charge is 2.39. The Hall–Kier alpha value is -2.23. The molecule has 4 heteroatoms. The summed E-state index contributed by atoms with van der Waals surface area (Å²) in [5.41, 5.74) is 0.987. The molecule has 1 aromatic carbocycles. The zero-order valence-corrected chi connectivity index (χ0v) is 8.33. The highest BCUT2D eigenvalue weighted by molar-refractivity contribution is 6.27. The second-order valence-corrected chi connectivity index (χ2v) is 3.66. The minimum absolute atomic E-state index is 0.177. The van der Waals surface area contributed by atoms with Crippen LogP contribution in [0.15, 0.2) is 42.7 Å². The Labute approximate surface area is 91.5 Å². The molecule has 1 aliphatic rings. The van der Waals surface area contributed by atoms with E-state index in [1.807, 2.05) is 0 Å². The van der Waals surface area contributed by atoms with Gasteiger partial charge in [0.25, 0.3) is 0 Å². The Kier molecular flexibility index (Phi) is 1.77. The molecule has 1 aromatic heterocycles. The van der Waals surface area contributed by atoms with Crippen molar-refractivity contribution in [3.63, 3.8) is 0 Å². The maximum absolute atomic E-state index is 12.0. The van der Waals surface area contributed by atoms with E-state index in [2.05, 4.69) is 5.10 Å². The number of fused-ring (bicyclic) bond motifs is 1. The molecule has 0 amide bonds. The van der Waals surface area contributed by atoms with Crippen molar-refractivity contribution in [1.29, 1.82) is 0 Å². The van der Waals surface area contributed by atoms with Crippen molar-refractivity contribution in [3.05, 3.63) is 53.9 Å². The van der Waals surface area contributed by atoms with Gasteiger partial charge in [0.15, 0.2) is 17.6 Å². The van der Waals surface area contributed by atoms with E-state index in [4.69, 9.17) is 0 Å². The number of rotatable bonds is 1. The summed E-state index contributed by atoms with van der Waals surface area (Å²) in [5, 5.41) is 3.96. The Bertz CT molecular complexity index is 537. The fraction of sp³-hybridized carbons (Fsp3) is 0.0833. The molecule has 3 rings (SSSR count). The molecule has 0 saturated carbocycles. The molecule has 16 heavy (non-hydrogen) atoms. The van der Waals surface area contributed by atoms with Crippen LogP contribution < -0.4 is 0 Å². The average molecular weight is 212 g/mol. The number of hydrogen-bond donors (Lipinski definition) is 0. The summed E-state index contributed by atoms with van der Waals surface area (Å²) in [6, 6.07) is 7.76. The number of Topliss-reactive ketones (excluding diaryl/α,β-unsaturated/α-hetero) is 2. The molecule has 0 bridgehead atoms. The summed E-state index contributed by atoms with van der Waals surface area (Å²) < 4.78 is 1.41. The highest BCUT2D eigenvalue weighted by Crippen LogP contribution is 2.29. The predicted molar refractivity (Wildman–Crippen MR) is 56.4 cm³/mol. The SMILES string of the molecule is O=C1c2ccccc2C(=O)C1n1cccn1. The van der Waals surface area contributed by atoms with E-state index in [0.29, 0.717) is 11.1 Å². The molecular formula is C12H8N2O2. The standard InChI is InChI=1S/C12H8N2O2/c15-11-8-4-1-2-5-9(8)12(16)10(11)14-7-3-6-13-14/h1-7,10H. The summed E-state index contributed by atoms with van der Waals surface area (Å²) in [6.07, 6.45) is 3.19. The quantitative estimate of drug-likeness (QED) is 0.673. The third-order valence-corrected chi connectivity index (χ3v) is 2.74. The Morgan fingerprint density at radius 3 is 2.12 bits per heavy atom. The van der Waals surface area contributed by atoms with Crippen molar-refractivity contribution in [3.8, 4) is 0 Å². The van der Waals surface area contributed by atoms with Crippen LogP contribution in [0.4, 0.5) is 0 Å². The summed E-state index contributed by atoms with van der Waals surface area (Å²) in [6.45, 7) is 0. The van der Waals surface area contributed by atoms with Crippen LogP contribution in [0.25, 0.3) is 0 Å². The second-order valence-electron chi connectivity index (χ2n) is 3.66. The largest absolute Gasteiger partial charge is 0.291 e. The van der Waals surface area contributed by atoms with Crippen LogP contribution >= 0.6 is 0 Å². The lowest BCUT2D eigenvalue weighted by atomic mass is 10.1. The van der Waals surface area contributed by atoms with Crippen molar-refractivity contribution in [2.45, 2.75) is 6.04 Å². The predicted octanol–water partition coefficient (Wildman–Crippen LogP) is 1.50. The first kappa shape index (κ1) is 9.03. The monoisotopic (exact) mass is 212 g/mol. The molecule has 4 nitrogen and oxygen atoms in total. The first-order chi connectivity index (χ1) is 7.79. The van der Waals surface area contributed by atoms with Crippen LogP contribution in [0.1, 0.15) is 26.8 Å². The number of nitrogens with zero attached hydrogens (tertiary/aromatic N) is 2. The van der Waals surface area contributed by atoms with Gasteiger partial charge in [-0.3, -0.25) is 14.3 Å². The molecule has 2 aromatic rings. The molecule has 1 heterocycles. The van der Waals surface area contributed by atoms with Crippen molar-refractivity contribution >= 4 is 11.6 Å². The normalized spacial score (nSPS) is 15.5. The van der Waals surface area contributed by atoms with Crippen LogP contribution in [0, 0.1) is 0 Å². The molecule has 0 spiro atoms. The van der Waals surface area contributed by atoms with Gasteiger partial charge in [-0.1, -0.05) is 24.3 Å². The van der Waals surface area contributed by atoms with E-state index in [1.165, 1.54) is 4.68 Å². The molecular weight excluding hydrogens is 204 g/mol. The number of hydrogen-bond acceptors (Lipinski definition) is 3. The van der Waals surface area contributed by atoms with Gasteiger partial charge in [0.2, 0.25) is 0 Å². The zero-order chi connectivity index (χ0) is 11.1. The minimum Gasteiger partial charge on any atom is -0.291 e. The van der Waals surface area contributed by atoms with Gasteiger partial charge in [0.05, 0.1) is 0 Å². The summed E-state index contributed by atoms with van der Waals surface area (Å²) in [7, 11) is 0. The maximum Gasteiger partial charge on any atom is 0.196 e. The van der Waals surface area contributed by atoms with Crippen LogP contribution in [-0.4, -0.2) is 21.3 Å². The van der Waals surface area contributed by atoms with Gasteiger partial charge < -0.3 is 0 Å². The molecule has 1 aliphatic carbocycles. The third kappa shape index (κ3) is 1.07. The average Bonchev–Trinajstić information content (AvgIpc) is 2.89. The van der Waals surface area contributed by atoms with Crippen LogP contribution in [-0.2, 0) is 0 Å². The topological polar surface area (TPSA) is 52.0 Å². The fourth-order valence-corrected chi connectivity index (χ4v) is 2.00. The van der Waals surface area contributed by atoms with Gasteiger partial charge in [-0.2, -0.15) is 5.10 Å². The summed E-state index contributed by atoms with van der Waals surface area (Å²) in [4.78, 5) is 24.0. The Morgan fingerprint density at radius 2 is 1.62 bits per heavy atom. The third-order valence-electron chi connectivity index (χ3n) is 2.74. The van der Waals surface area contributed by atoms with Gasteiger partial charge in [-0.25, -0.2) is 0 Å². The first-order valence-electron chi connectivity index (χ1n) is 4.95. The summed E-state index contributed by atoms with van der Waals surface area (Å²) in [5.74, 6) is -0.353. The van der Waals surface area contributed by atoms with Crippen LogP contribution in [0.3, 0.4) is 0 Å². The molecule has 78 valence electrons. The lowest BCUT2D eigenvalue weighted by molar-refractivity contribution is 0.0837. The lowest BCUT2D eigenvalue weighted by Crippen LogP contribution is -2.20. The van der Waals surface area contributed by atoms with Crippen molar-refractivity contribution in [1.82, 2.24) is 9.78 Å². The number of ketones is 2. The van der Waals surface area contributed by atoms with E-state index in [1.54, 1.807) is 42.7 Å². The van der Waals surface area contributed by atoms with E-state index in [0.717, 1.165) is 0 Å². The number of carbonyl (C=O) groups is 2.